The van der Waals surface area contributed by atoms with Crippen molar-refractivity contribution >= 4 is 12.0 Å². The lowest BCUT2D eigenvalue weighted by atomic mass is 9.90. The number of hydrogen-bond acceptors (Lipinski definition) is 3. The second-order valence-electron chi connectivity index (χ2n) is 4.63. The van der Waals surface area contributed by atoms with Crippen molar-refractivity contribution in [3.63, 3.8) is 0 Å². The first-order valence-corrected chi connectivity index (χ1v) is 6.38. The minimum absolute atomic E-state index is 0.186. The molecule has 0 bridgehead atoms. The van der Waals surface area contributed by atoms with E-state index in [2.05, 4.69) is 0 Å². The van der Waals surface area contributed by atoms with Crippen LogP contribution in [0.5, 0.6) is 0 Å². The first kappa shape index (κ1) is 12.4. The maximum Gasteiger partial charge on any atom is 0.219 e. The van der Waals surface area contributed by atoms with Gasteiger partial charge in [-0.3, -0.25) is 10.0 Å². The Morgan fingerprint density at radius 1 is 1.00 bits per heavy atom. The van der Waals surface area contributed by atoms with Gasteiger partial charge >= 0.3 is 0 Å². The van der Waals surface area contributed by atoms with Crippen molar-refractivity contribution in [1.82, 2.24) is 0 Å². The van der Waals surface area contributed by atoms with Crippen LogP contribution in [0.1, 0.15) is 21.8 Å². The molecule has 100 valence electrons. The predicted molar refractivity (Wildman–Crippen MR) is 74.5 cm³/mol. The monoisotopic (exact) mass is 267 g/mol. The van der Waals surface area contributed by atoms with Crippen molar-refractivity contribution in [1.29, 1.82) is 0 Å². The lowest BCUT2D eigenvalue weighted by molar-refractivity contribution is -0.734. The summed E-state index contributed by atoms with van der Waals surface area (Å²) in [5.74, 6) is -0.546. The standard InChI is InChI=1S/C16H13NO3/c18-15(13-9-5-2-6-10-13)16-14(11-17(19)20-16)12-7-3-1-4-8-12/h1-11,14,16H/t14-,16+/m1/s1. The molecule has 2 aromatic rings. The van der Waals surface area contributed by atoms with Gasteiger partial charge in [-0.1, -0.05) is 60.7 Å². The zero-order valence-corrected chi connectivity index (χ0v) is 10.7. The highest BCUT2D eigenvalue weighted by Crippen LogP contribution is 2.27. The Kier molecular flexibility index (Phi) is 3.21. The zero-order valence-electron chi connectivity index (χ0n) is 10.7. The Hall–Kier alpha value is -2.62. The number of hydrogen-bond donors (Lipinski definition) is 0. The third-order valence-corrected chi connectivity index (χ3v) is 3.33. The number of nitrogens with zero attached hydrogens (tertiary/aromatic N) is 1. The molecule has 20 heavy (non-hydrogen) atoms. The Morgan fingerprint density at radius 2 is 1.60 bits per heavy atom. The normalized spacial score (nSPS) is 21.1. The molecule has 0 saturated heterocycles. The molecule has 0 fully saturated rings. The summed E-state index contributed by atoms with van der Waals surface area (Å²) in [7, 11) is 0. The van der Waals surface area contributed by atoms with E-state index in [-0.39, 0.29) is 11.7 Å². The Bertz CT molecular complexity index is 637. The number of benzene rings is 2. The molecule has 0 aromatic heterocycles. The fraction of sp³-hybridized carbons (Fsp3) is 0.125. The highest BCUT2D eigenvalue weighted by Gasteiger charge is 2.37. The molecule has 0 saturated carbocycles. The van der Waals surface area contributed by atoms with E-state index < -0.39 is 6.10 Å². The van der Waals surface area contributed by atoms with Gasteiger partial charge in [0.2, 0.25) is 6.21 Å². The molecule has 0 radical (unpaired) electrons. The van der Waals surface area contributed by atoms with Gasteiger partial charge in [0.05, 0.1) is 5.92 Å². The van der Waals surface area contributed by atoms with Crippen LogP contribution >= 0.6 is 0 Å². The van der Waals surface area contributed by atoms with Gasteiger partial charge < -0.3 is 4.84 Å². The van der Waals surface area contributed by atoms with Gasteiger partial charge in [0.15, 0.2) is 5.78 Å². The molecule has 2 aromatic carbocycles. The Morgan fingerprint density at radius 3 is 2.25 bits per heavy atom. The molecule has 1 aliphatic heterocycles. The maximum atomic E-state index is 12.5. The van der Waals surface area contributed by atoms with Crippen molar-refractivity contribution in [2.24, 2.45) is 0 Å². The van der Waals surface area contributed by atoms with E-state index in [0.29, 0.717) is 10.5 Å². The van der Waals surface area contributed by atoms with Crippen LogP contribution in [0.15, 0.2) is 60.7 Å². The summed E-state index contributed by atoms with van der Waals surface area (Å²) >= 11 is 0. The molecular weight excluding hydrogens is 254 g/mol. The molecule has 4 heteroatoms. The predicted octanol–water partition coefficient (Wildman–Crippen LogP) is 2.55. The van der Waals surface area contributed by atoms with E-state index >= 15 is 0 Å². The van der Waals surface area contributed by atoms with Gasteiger partial charge in [0, 0.05) is 10.5 Å². The molecular formula is C16H13NO3. The van der Waals surface area contributed by atoms with Gasteiger partial charge in [0.25, 0.3) is 0 Å². The van der Waals surface area contributed by atoms with Crippen molar-refractivity contribution in [3.8, 4) is 0 Å². The maximum absolute atomic E-state index is 12.5. The van der Waals surface area contributed by atoms with Crippen LogP contribution in [0.4, 0.5) is 0 Å². The van der Waals surface area contributed by atoms with Crippen LogP contribution in [-0.2, 0) is 4.84 Å². The molecule has 4 nitrogen and oxygen atoms in total. The average molecular weight is 267 g/mol. The molecule has 0 amide bonds. The van der Waals surface area contributed by atoms with E-state index in [1.807, 2.05) is 36.4 Å². The fourth-order valence-corrected chi connectivity index (χ4v) is 2.34. The first-order valence-electron chi connectivity index (χ1n) is 6.38. The SMILES string of the molecule is O=C(c1ccccc1)[C@H]1O[N+]([O-])=C[C@@H]1c1ccccc1. The molecule has 1 heterocycles. The molecule has 0 N–H and O–H groups in total. The van der Waals surface area contributed by atoms with Crippen LogP contribution in [0, 0.1) is 5.21 Å². The smallest absolute Gasteiger partial charge is 0.219 e. The summed E-state index contributed by atoms with van der Waals surface area (Å²) < 4.78 is 0. The molecule has 0 spiro atoms. The highest BCUT2D eigenvalue weighted by molar-refractivity contribution is 6.02. The largest absolute Gasteiger partial charge is 0.391 e. The van der Waals surface area contributed by atoms with E-state index in [1.165, 1.54) is 6.21 Å². The van der Waals surface area contributed by atoms with Gasteiger partial charge in [-0.2, -0.15) is 0 Å². The van der Waals surface area contributed by atoms with E-state index in [1.54, 1.807) is 24.3 Å². The third kappa shape index (κ3) is 2.28. The fourth-order valence-electron chi connectivity index (χ4n) is 2.34. The number of ketones is 1. The summed E-state index contributed by atoms with van der Waals surface area (Å²) in [5, 5.41) is 11.5. The second kappa shape index (κ2) is 5.17. The van der Waals surface area contributed by atoms with Gasteiger partial charge in [-0.15, -0.1) is 0 Å². The van der Waals surface area contributed by atoms with Crippen molar-refractivity contribution in [3.05, 3.63) is 77.0 Å². The molecule has 3 rings (SSSR count). The van der Waals surface area contributed by atoms with Crippen LogP contribution in [0.3, 0.4) is 0 Å². The lowest BCUT2D eigenvalue weighted by Crippen LogP contribution is -2.27. The average Bonchev–Trinajstić information content (AvgIpc) is 2.90. The molecule has 0 aliphatic carbocycles. The van der Waals surface area contributed by atoms with Crippen LogP contribution in [0.2, 0.25) is 0 Å². The van der Waals surface area contributed by atoms with Crippen molar-refractivity contribution in [2.45, 2.75) is 12.0 Å². The Labute approximate surface area is 116 Å². The number of rotatable bonds is 3. The Balaban J connectivity index is 1.92. The number of carbonyl (C=O) groups is 1. The topological polar surface area (TPSA) is 52.4 Å². The third-order valence-electron chi connectivity index (χ3n) is 3.33. The van der Waals surface area contributed by atoms with E-state index in [0.717, 1.165) is 5.56 Å². The summed E-state index contributed by atoms with van der Waals surface area (Å²) in [4.78, 5) is 18.0. The van der Waals surface area contributed by atoms with Gasteiger partial charge in [0.1, 0.15) is 6.10 Å². The summed E-state index contributed by atoms with van der Waals surface area (Å²) in [5.41, 5.74) is 1.43. The second-order valence-corrected chi connectivity index (χ2v) is 4.63. The van der Waals surface area contributed by atoms with Gasteiger partial charge in [-0.25, -0.2) is 0 Å². The van der Waals surface area contributed by atoms with Crippen LogP contribution in [-0.4, -0.2) is 23.0 Å². The summed E-state index contributed by atoms with van der Waals surface area (Å²) in [6.07, 6.45) is 0.582. The molecule has 0 unspecified atom stereocenters. The zero-order chi connectivity index (χ0) is 13.9. The van der Waals surface area contributed by atoms with Gasteiger partial charge in [-0.05, 0) is 5.56 Å². The van der Waals surface area contributed by atoms with Crippen molar-refractivity contribution in [2.75, 3.05) is 0 Å². The summed E-state index contributed by atoms with van der Waals surface area (Å²) in [6.45, 7) is 0. The number of carbonyl (C=O) groups excluding carboxylic acids is 1. The van der Waals surface area contributed by atoms with E-state index in [4.69, 9.17) is 4.84 Å². The highest BCUT2D eigenvalue weighted by atomic mass is 16.9. The van der Waals surface area contributed by atoms with E-state index in [9.17, 15) is 10.0 Å². The van der Waals surface area contributed by atoms with Crippen LogP contribution in [0.25, 0.3) is 0 Å². The van der Waals surface area contributed by atoms with Crippen molar-refractivity contribution < 1.29 is 14.5 Å². The minimum atomic E-state index is -0.808. The minimum Gasteiger partial charge on any atom is -0.391 e. The van der Waals surface area contributed by atoms with Crippen LogP contribution < -0.4 is 0 Å². The summed E-state index contributed by atoms with van der Waals surface area (Å²) in [6, 6.07) is 18.3. The first-order chi connectivity index (χ1) is 9.75. The lowest BCUT2D eigenvalue weighted by Gasteiger charge is -2.17. The quantitative estimate of drug-likeness (QED) is 0.634. The molecule has 2 atom stereocenters. The number of Topliss-reactive ketones (excluding diaryl/α,β-unsaturated/α-hetero) is 1. The molecule has 1 aliphatic rings.